The highest BCUT2D eigenvalue weighted by Crippen LogP contribution is 2.55. The van der Waals surface area contributed by atoms with Crippen molar-refractivity contribution >= 4 is 46.6 Å². The number of aliphatic hydroxyl groups excluding tert-OH is 1. The van der Waals surface area contributed by atoms with E-state index in [0.717, 1.165) is 60.5 Å². The predicted molar refractivity (Wildman–Crippen MR) is 282 cm³/mol. The zero-order chi connectivity index (χ0) is 52.7. The Hall–Kier alpha value is -5.57. The number of aryl methyl sites for hydroxylation is 1. The molecule has 0 radical (unpaired) electrons. The van der Waals surface area contributed by atoms with Gasteiger partial charge in [-0.2, -0.15) is 5.26 Å². The summed E-state index contributed by atoms with van der Waals surface area (Å²) in [5.41, 5.74) is 4.23. The summed E-state index contributed by atoms with van der Waals surface area (Å²) < 4.78 is 18.0. The molecule has 3 aliphatic rings. The van der Waals surface area contributed by atoms with E-state index >= 15 is 0 Å². The number of hydrogen-bond acceptors (Lipinski definition) is 12. The first-order valence-corrected chi connectivity index (χ1v) is 26.7. The van der Waals surface area contributed by atoms with Crippen molar-refractivity contribution in [3.8, 4) is 28.0 Å². The normalized spacial score (nSPS) is 21.1. The molecule has 4 amide bonds. The number of thiazole rings is 1. The van der Waals surface area contributed by atoms with E-state index in [1.165, 1.54) is 4.90 Å². The molecule has 0 bridgehead atoms. The Kier molecular flexibility index (Phi) is 18.0. The van der Waals surface area contributed by atoms with Gasteiger partial charge < -0.3 is 45.1 Å². The number of nitrogens with zero attached hydrogens (tertiary/aromatic N) is 4. The van der Waals surface area contributed by atoms with Crippen molar-refractivity contribution in [2.75, 3.05) is 46.0 Å². The minimum absolute atomic E-state index is 0.0162. The van der Waals surface area contributed by atoms with E-state index in [1.807, 2.05) is 45.3 Å². The van der Waals surface area contributed by atoms with Gasteiger partial charge in [0, 0.05) is 54.6 Å². The van der Waals surface area contributed by atoms with E-state index in [-0.39, 0.29) is 49.6 Å². The van der Waals surface area contributed by atoms with Crippen LogP contribution in [0.15, 0.2) is 72.2 Å². The maximum absolute atomic E-state index is 14.3. The Balaban J connectivity index is 0.827. The first-order chi connectivity index (χ1) is 34.7. The van der Waals surface area contributed by atoms with E-state index in [4.69, 9.17) is 25.8 Å². The van der Waals surface area contributed by atoms with Gasteiger partial charge in [-0.1, -0.05) is 84.3 Å². The molecule has 2 aliphatic heterocycles. The van der Waals surface area contributed by atoms with Gasteiger partial charge in [0.1, 0.15) is 42.4 Å². The predicted octanol–water partition coefficient (Wildman–Crippen LogP) is 8.27. The van der Waals surface area contributed by atoms with Crippen molar-refractivity contribution in [2.24, 2.45) is 16.2 Å². The molecule has 4 N–H and O–H groups in total. The number of halogens is 1. The van der Waals surface area contributed by atoms with Crippen molar-refractivity contribution in [3.05, 3.63) is 99.6 Å². The first-order valence-electron chi connectivity index (χ1n) is 25.5. The average Bonchev–Trinajstić information content (AvgIpc) is 4.13. The van der Waals surface area contributed by atoms with Gasteiger partial charge in [-0.05, 0) is 105 Å². The molecule has 0 unspecified atom stereocenters. The van der Waals surface area contributed by atoms with Gasteiger partial charge in [-0.3, -0.25) is 19.2 Å². The van der Waals surface area contributed by atoms with Crippen LogP contribution in [0.5, 0.6) is 11.5 Å². The number of carbonyl (C=O) groups is 4. The lowest BCUT2D eigenvalue weighted by Gasteiger charge is -2.63. The highest BCUT2D eigenvalue weighted by molar-refractivity contribution is 7.13. The summed E-state index contributed by atoms with van der Waals surface area (Å²) in [5, 5.41) is 29.7. The summed E-state index contributed by atoms with van der Waals surface area (Å²) in [4.78, 5) is 64.4. The number of likely N-dealkylation sites (tertiary alicyclic amines) is 2. The SMILES string of the molecule is Cc1ncsc1-c1ccc([C@H](CN2CCCC2)NC(=O)[C@@H]2C[C@@H](O)CN2C(=O)[C@@H](NC(=O)COCCCCCOc2ccc(C(=O)NC3C(C)(C)C(Oc4ccc(C#N)c(Cl)c4)C3(C)C)cc2)C(C)(C)C)cc1. The van der Waals surface area contributed by atoms with Crippen LogP contribution in [-0.4, -0.2) is 120 Å². The second-order valence-electron chi connectivity index (χ2n) is 22.0. The number of unbranched alkanes of at least 4 members (excludes halogenated alkanes) is 2. The molecular weight excluding hydrogens is 966 g/mol. The Morgan fingerprint density at radius 1 is 0.932 bits per heavy atom. The van der Waals surface area contributed by atoms with Gasteiger partial charge >= 0.3 is 0 Å². The third-order valence-electron chi connectivity index (χ3n) is 14.5. The Bertz CT molecular complexity index is 2590. The number of amides is 4. The summed E-state index contributed by atoms with van der Waals surface area (Å²) in [6.07, 6.45) is 3.43. The van der Waals surface area contributed by atoms with Crippen molar-refractivity contribution in [3.63, 3.8) is 0 Å². The number of nitrogens with one attached hydrogen (secondary N) is 3. The van der Waals surface area contributed by atoms with Crippen molar-refractivity contribution in [1.82, 2.24) is 30.7 Å². The lowest BCUT2D eigenvalue weighted by molar-refractivity contribution is -0.164. The number of ether oxygens (including phenoxy) is 3. The van der Waals surface area contributed by atoms with Crippen LogP contribution in [0.2, 0.25) is 5.02 Å². The van der Waals surface area contributed by atoms with Gasteiger partial charge in [-0.25, -0.2) is 4.98 Å². The zero-order valence-corrected chi connectivity index (χ0v) is 45.0. The van der Waals surface area contributed by atoms with E-state index in [9.17, 15) is 29.5 Å². The Morgan fingerprint density at radius 2 is 1.60 bits per heavy atom. The van der Waals surface area contributed by atoms with E-state index in [1.54, 1.807) is 53.8 Å². The molecule has 73 heavy (non-hydrogen) atoms. The molecule has 3 aromatic carbocycles. The van der Waals surface area contributed by atoms with Crippen LogP contribution in [0.1, 0.15) is 120 Å². The smallest absolute Gasteiger partial charge is 0.251 e. The first kappa shape index (κ1) is 55.2. The van der Waals surface area contributed by atoms with E-state index < -0.39 is 46.2 Å². The number of carbonyl (C=O) groups excluding carboxylic acids is 4. The quantitative estimate of drug-likeness (QED) is 0.0587. The Morgan fingerprint density at radius 3 is 2.23 bits per heavy atom. The molecule has 3 fully saturated rings. The number of rotatable bonds is 21. The highest BCUT2D eigenvalue weighted by Gasteiger charge is 2.64. The zero-order valence-electron chi connectivity index (χ0n) is 43.5. The van der Waals surface area contributed by atoms with Crippen molar-refractivity contribution < 1.29 is 38.5 Å². The highest BCUT2D eigenvalue weighted by atomic mass is 35.5. The van der Waals surface area contributed by atoms with Gasteiger partial charge in [0.2, 0.25) is 17.7 Å². The maximum atomic E-state index is 14.3. The monoisotopic (exact) mass is 1040 g/mol. The summed E-state index contributed by atoms with van der Waals surface area (Å²) in [5.74, 6) is -0.177. The van der Waals surface area contributed by atoms with Gasteiger partial charge in [0.15, 0.2) is 0 Å². The maximum Gasteiger partial charge on any atom is 0.251 e. The molecule has 2 saturated heterocycles. The Labute approximate surface area is 439 Å². The molecule has 4 aromatic rings. The molecule has 7 rings (SSSR count). The number of aliphatic hydroxyl groups is 1. The van der Waals surface area contributed by atoms with Crippen LogP contribution in [-0.2, 0) is 19.1 Å². The molecule has 15 nitrogen and oxygen atoms in total. The molecule has 1 saturated carbocycles. The van der Waals surface area contributed by atoms with Crippen LogP contribution in [0, 0.1) is 34.5 Å². The average molecular weight is 1040 g/mol. The van der Waals surface area contributed by atoms with Crippen LogP contribution in [0.4, 0.5) is 0 Å². The largest absolute Gasteiger partial charge is 0.494 e. The topological polar surface area (TPSA) is 195 Å². The third-order valence-corrected chi connectivity index (χ3v) is 15.8. The summed E-state index contributed by atoms with van der Waals surface area (Å²) in [6, 6.07) is 20.0. The lowest BCUT2D eigenvalue weighted by Crippen LogP contribution is -2.74. The number of hydrogen-bond donors (Lipinski definition) is 4. The third kappa shape index (κ3) is 13.4. The summed E-state index contributed by atoms with van der Waals surface area (Å²) >= 11 is 7.84. The van der Waals surface area contributed by atoms with Gasteiger partial charge in [0.05, 0.1) is 45.4 Å². The molecule has 3 heterocycles. The molecule has 4 atom stereocenters. The number of benzene rings is 3. The number of β-amino-alcohol motifs (C(OH)–C–C–N with tert-alkyl or cyclic N) is 1. The number of nitriles is 1. The molecule has 17 heteroatoms. The molecule has 0 spiro atoms. The van der Waals surface area contributed by atoms with E-state index in [0.29, 0.717) is 53.8 Å². The summed E-state index contributed by atoms with van der Waals surface area (Å²) in [6.45, 7) is 18.9. The van der Waals surface area contributed by atoms with Gasteiger partial charge in [0.25, 0.3) is 5.91 Å². The van der Waals surface area contributed by atoms with Crippen molar-refractivity contribution in [2.45, 2.75) is 130 Å². The minimum Gasteiger partial charge on any atom is -0.494 e. The standard InChI is InChI=1S/C56H72ClN7O8S/c1-35-47(73-34-59-35)37-16-14-36(15-17-37)44(32-63-24-10-11-25-63)60-50(68)45-28-40(65)31-64(45)51(69)48(54(2,3)4)61-46(66)33-70-26-12-9-13-27-71-41-21-18-38(19-22-41)49(67)62-52-55(5,6)53(56(52,7)8)72-42-23-20-39(30-58)43(57)29-42/h14-23,29,34,40,44-45,48,52-53,65H,9-13,24-28,31-33H2,1-8H3,(H,60,68)(H,61,66)(H,62,67)/t40-,44+,45+,48-,52?,53?/m1/s1. The second kappa shape index (κ2) is 23.7. The molecule has 1 aromatic heterocycles. The van der Waals surface area contributed by atoms with E-state index in [2.05, 4.69) is 71.7 Å². The molecule has 392 valence electrons. The molecular formula is C56H72ClN7O8S. The fraction of sp³-hybridized carbons (Fsp3) is 0.536. The van der Waals surface area contributed by atoms with Crippen LogP contribution in [0.25, 0.3) is 10.4 Å². The fourth-order valence-corrected chi connectivity index (χ4v) is 11.9. The van der Waals surface area contributed by atoms with Crippen molar-refractivity contribution in [1.29, 1.82) is 5.26 Å². The van der Waals surface area contributed by atoms with Crippen LogP contribution in [0.3, 0.4) is 0 Å². The number of aromatic nitrogens is 1. The van der Waals surface area contributed by atoms with Crippen LogP contribution >= 0.6 is 22.9 Å². The van der Waals surface area contributed by atoms with Gasteiger partial charge in [-0.15, -0.1) is 11.3 Å². The fourth-order valence-electron chi connectivity index (χ4n) is 10.8. The lowest BCUT2D eigenvalue weighted by atomic mass is 9.49. The van der Waals surface area contributed by atoms with Crippen LogP contribution < -0.4 is 25.4 Å². The molecule has 1 aliphatic carbocycles. The second-order valence-corrected chi connectivity index (χ2v) is 23.3. The summed E-state index contributed by atoms with van der Waals surface area (Å²) in [7, 11) is 0. The minimum atomic E-state index is -0.967.